The Hall–Kier alpha value is -2.34. The number of imidazole rings is 1. The van der Waals surface area contributed by atoms with Gasteiger partial charge in [-0.15, -0.1) is 0 Å². The number of benzene rings is 1. The number of aromatic nitrogens is 2. The molecule has 22 heavy (non-hydrogen) atoms. The second-order valence-electron chi connectivity index (χ2n) is 4.94. The molecule has 0 atom stereocenters. The number of fused-ring (bicyclic) bond motifs is 1. The van der Waals surface area contributed by atoms with Gasteiger partial charge in [0.15, 0.2) is 4.96 Å². The van der Waals surface area contributed by atoms with Gasteiger partial charge < -0.3 is 9.84 Å². The molecule has 3 rings (SSSR count). The third-order valence-electron chi connectivity index (χ3n) is 3.57. The van der Waals surface area contributed by atoms with Crippen LogP contribution in [-0.2, 0) is 0 Å². The minimum atomic E-state index is -0.907. The van der Waals surface area contributed by atoms with Crippen molar-refractivity contribution in [2.24, 2.45) is 0 Å². The predicted octanol–water partition coefficient (Wildman–Crippen LogP) is 3.78. The van der Waals surface area contributed by atoms with Gasteiger partial charge in [0.1, 0.15) is 10.6 Å². The highest BCUT2D eigenvalue weighted by Gasteiger charge is 2.20. The third kappa shape index (κ3) is 2.25. The Labute approximate surface area is 131 Å². The second-order valence-corrected chi connectivity index (χ2v) is 5.92. The number of aromatic carboxylic acids is 1. The Kier molecular flexibility index (Phi) is 3.62. The van der Waals surface area contributed by atoms with E-state index in [4.69, 9.17) is 4.74 Å². The zero-order valence-corrected chi connectivity index (χ0v) is 13.4. The molecule has 0 aliphatic rings. The topological polar surface area (TPSA) is 63.8 Å². The quantitative estimate of drug-likeness (QED) is 0.795. The summed E-state index contributed by atoms with van der Waals surface area (Å²) in [5.41, 5.74) is 3.53. The summed E-state index contributed by atoms with van der Waals surface area (Å²) in [6.45, 7) is 6.35. The highest BCUT2D eigenvalue weighted by molar-refractivity contribution is 7.19. The molecule has 0 spiro atoms. The number of carboxylic acid groups (broad SMARTS) is 1. The fraction of sp³-hybridized carbons (Fsp3) is 0.250. The van der Waals surface area contributed by atoms with Crippen molar-refractivity contribution in [2.45, 2.75) is 20.8 Å². The highest BCUT2D eigenvalue weighted by Crippen LogP contribution is 2.31. The Bertz CT molecular complexity index is 847. The first-order valence-electron chi connectivity index (χ1n) is 6.98. The van der Waals surface area contributed by atoms with Gasteiger partial charge in [-0.1, -0.05) is 11.3 Å². The number of hydrogen-bond acceptors (Lipinski definition) is 4. The van der Waals surface area contributed by atoms with Crippen molar-refractivity contribution in [1.82, 2.24) is 9.38 Å². The van der Waals surface area contributed by atoms with Crippen LogP contribution >= 0.6 is 11.3 Å². The molecule has 1 aromatic carbocycles. The number of hydrogen-bond donors (Lipinski definition) is 1. The lowest BCUT2D eigenvalue weighted by molar-refractivity contribution is 0.0701. The largest absolute Gasteiger partial charge is 0.494 e. The Morgan fingerprint density at radius 2 is 1.95 bits per heavy atom. The SMILES string of the molecule is CCOc1ccc(-c2nc3sc(C(=O)O)c(C)n3c2C)cc1. The number of carbonyl (C=O) groups is 1. The normalized spacial score (nSPS) is 11.0. The summed E-state index contributed by atoms with van der Waals surface area (Å²) >= 11 is 1.20. The summed E-state index contributed by atoms with van der Waals surface area (Å²) in [6, 6.07) is 7.78. The first-order chi connectivity index (χ1) is 10.5. The molecular formula is C16H16N2O3S. The summed E-state index contributed by atoms with van der Waals surface area (Å²) < 4.78 is 7.35. The van der Waals surface area contributed by atoms with Crippen molar-refractivity contribution in [2.75, 3.05) is 6.61 Å². The van der Waals surface area contributed by atoms with Gasteiger partial charge in [-0.25, -0.2) is 9.78 Å². The molecule has 1 N–H and O–H groups in total. The summed E-state index contributed by atoms with van der Waals surface area (Å²) in [5, 5.41) is 9.20. The van der Waals surface area contributed by atoms with Gasteiger partial charge in [0, 0.05) is 17.0 Å². The van der Waals surface area contributed by atoms with Crippen LogP contribution in [0.5, 0.6) is 5.75 Å². The highest BCUT2D eigenvalue weighted by atomic mass is 32.1. The van der Waals surface area contributed by atoms with Gasteiger partial charge in [-0.05, 0) is 45.0 Å². The molecule has 0 amide bonds. The maximum Gasteiger partial charge on any atom is 0.347 e. The Balaban J connectivity index is 2.08. The molecule has 2 heterocycles. The average Bonchev–Trinajstić information content (AvgIpc) is 2.98. The number of carboxylic acids is 1. The molecule has 5 nitrogen and oxygen atoms in total. The average molecular weight is 316 g/mol. The molecular weight excluding hydrogens is 300 g/mol. The fourth-order valence-electron chi connectivity index (χ4n) is 2.55. The summed E-state index contributed by atoms with van der Waals surface area (Å²) in [5.74, 6) is -0.0794. The lowest BCUT2D eigenvalue weighted by Crippen LogP contribution is -1.98. The van der Waals surface area contributed by atoms with Crippen LogP contribution in [0.15, 0.2) is 24.3 Å². The molecule has 0 fully saturated rings. The van der Waals surface area contributed by atoms with E-state index in [0.29, 0.717) is 16.4 Å². The monoisotopic (exact) mass is 316 g/mol. The van der Waals surface area contributed by atoms with Gasteiger partial charge in [0.05, 0.1) is 12.3 Å². The van der Waals surface area contributed by atoms with Gasteiger partial charge in [0.2, 0.25) is 0 Å². The first kappa shape index (κ1) is 14.6. The molecule has 3 aromatic rings. The summed E-state index contributed by atoms with van der Waals surface area (Å²) in [6.07, 6.45) is 0. The van der Waals surface area contributed by atoms with Gasteiger partial charge in [-0.3, -0.25) is 4.40 Å². The van der Waals surface area contributed by atoms with Crippen molar-refractivity contribution >= 4 is 22.3 Å². The molecule has 0 unspecified atom stereocenters. The molecule has 2 aromatic heterocycles. The van der Waals surface area contributed by atoms with E-state index in [2.05, 4.69) is 4.98 Å². The van der Waals surface area contributed by atoms with Crippen LogP contribution < -0.4 is 4.74 Å². The predicted molar refractivity (Wildman–Crippen MR) is 86.1 cm³/mol. The van der Waals surface area contributed by atoms with Gasteiger partial charge in [0.25, 0.3) is 0 Å². The van der Waals surface area contributed by atoms with Crippen LogP contribution in [0.2, 0.25) is 0 Å². The van der Waals surface area contributed by atoms with Crippen LogP contribution in [0.4, 0.5) is 0 Å². The number of ether oxygens (including phenoxy) is 1. The first-order valence-corrected chi connectivity index (χ1v) is 7.79. The van der Waals surface area contributed by atoms with Crippen molar-refractivity contribution in [1.29, 1.82) is 0 Å². The summed E-state index contributed by atoms with van der Waals surface area (Å²) in [7, 11) is 0. The molecule has 0 bridgehead atoms. The number of aryl methyl sites for hydroxylation is 2. The Morgan fingerprint density at radius 3 is 2.50 bits per heavy atom. The third-order valence-corrected chi connectivity index (χ3v) is 4.70. The lowest BCUT2D eigenvalue weighted by atomic mass is 10.1. The molecule has 0 saturated heterocycles. The van der Waals surface area contributed by atoms with Crippen LogP contribution in [0.3, 0.4) is 0 Å². The molecule has 0 aliphatic carbocycles. The number of rotatable bonds is 4. The van der Waals surface area contributed by atoms with E-state index in [9.17, 15) is 9.90 Å². The van der Waals surface area contributed by atoms with Crippen LogP contribution in [0, 0.1) is 13.8 Å². The van der Waals surface area contributed by atoms with E-state index < -0.39 is 5.97 Å². The molecule has 114 valence electrons. The van der Waals surface area contributed by atoms with E-state index in [1.54, 1.807) is 0 Å². The minimum absolute atomic E-state index is 0.337. The van der Waals surface area contributed by atoms with Crippen molar-refractivity contribution in [3.8, 4) is 17.0 Å². The summed E-state index contributed by atoms with van der Waals surface area (Å²) in [4.78, 5) is 16.9. The van der Waals surface area contributed by atoms with Crippen molar-refractivity contribution in [3.05, 3.63) is 40.5 Å². The maximum atomic E-state index is 11.2. The second kappa shape index (κ2) is 5.46. The van der Waals surface area contributed by atoms with E-state index >= 15 is 0 Å². The van der Waals surface area contributed by atoms with Crippen LogP contribution in [-0.4, -0.2) is 27.1 Å². The Morgan fingerprint density at radius 1 is 1.27 bits per heavy atom. The minimum Gasteiger partial charge on any atom is -0.494 e. The van der Waals surface area contributed by atoms with Crippen molar-refractivity contribution < 1.29 is 14.6 Å². The van der Waals surface area contributed by atoms with Gasteiger partial charge >= 0.3 is 5.97 Å². The maximum absolute atomic E-state index is 11.2. The zero-order chi connectivity index (χ0) is 15.9. The standard InChI is InChI=1S/C16H16N2O3S/c1-4-21-12-7-5-11(6-8-12)13-9(2)18-10(3)14(15(19)20)22-16(18)17-13/h5-8H,4H2,1-3H3,(H,19,20). The van der Waals surface area contributed by atoms with E-state index in [1.807, 2.05) is 49.4 Å². The smallest absolute Gasteiger partial charge is 0.347 e. The zero-order valence-electron chi connectivity index (χ0n) is 12.6. The molecule has 6 heteroatoms. The van der Waals surface area contributed by atoms with E-state index in [0.717, 1.165) is 28.4 Å². The van der Waals surface area contributed by atoms with Crippen molar-refractivity contribution in [3.63, 3.8) is 0 Å². The van der Waals surface area contributed by atoms with Crippen LogP contribution in [0.1, 0.15) is 28.0 Å². The number of nitrogens with zero attached hydrogens (tertiary/aromatic N) is 2. The fourth-order valence-corrected chi connectivity index (χ4v) is 3.56. The molecule has 0 radical (unpaired) electrons. The number of thiazole rings is 1. The van der Waals surface area contributed by atoms with E-state index in [1.165, 1.54) is 11.3 Å². The molecule has 0 aliphatic heterocycles. The lowest BCUT2D eigenvalue weighted by Gasteiger charge is -2.04. The van der Waals surface area contributed by atoms with Gasteiger partial charge in [-0.2, -0.15) is 0 Å². The van der Waals surface area contributed by atoms with Crippen LogP contribution in [0.25, 0.3) is 16.2 Å². The molecule has 0 saturated carbocycles. The van der Waals surface area contributed by atoms with E-state index in [-0.39, 0.29) is 0 Å².